The van der Waals surface area contributed by atoms with Gasteiger partial charge >= 0.3 is 0 Å². The molecule has 2 aromatic carbocycles. The Bertz CT molecular complexity index is 708. The van der Waals surface area contributed by atoms with Crippen molar-refractivity contribution in [2.75, 3.05) is 5.73 Å². The first-order valence-electron chi connectivity index (χ1n) is 5.63. The molecule has 4 heteroatoms. The molecule has 0 amide bonds. The predicted molar refractivity (Wildman–Crippen MR) is 71.5 cm³/mol. The minimum absolute atomic E-state index is 0.367. The molecule has 2 N–H and O–H groups in total. The molecular weight excluding hydrogens is 238 g/mol. The first-order chi connectivity index (χ1) is 9.15. The molecule has 4 nitrogen and oxygen atoms in total. The van der Waals surface area contributed by atoms with Gasteiger partial charge in [-0.2, -0.15) is 10.5 Å². The first-order valence-corrected chi connectivity index (χ1v) is 5.63. The Balaban J connectivity index is 2.43. The van der Waals surface area contributed by atoms with Crippen LogP contribution in [-0.2, 0) is 0 Å². The molecule has 0 radical (unpaired) electrons. The van der Waals surface area contributed by atoms with Gasteiger partial charge in [0.15, 0.2) is 0 Å². The van der Waals surface area contributed by atoms with E-state index in [1.54, 1.807) is 30.3 Å². The van der Waals surface area contributed by atoms with Crippen molar-refractivity contribution in [3.63, 3.8) is 0 Å². The van der Waals surface area contributed by atoms with Crippen LogP contribution in [0.2, 0.25) is 0 Å². The van der Waals surface area contributed by atoms with Gasteiger partial charge in [0.05, 0.1) is 22.9 Å². The van der Waals surface area contributed by atoms with E-state index in [0.29, 0.717) is 28.3 Å². The van der Waals surface area contributed by atoms with Crippen molar-refractivity contribution in [2.45, 2.75) is 6.92 Å². The lowest BCUT2D eigenvalue weighted by Gasteiger charge is -2.12. The molecule has 2 aromatic rings. The van der Waals surface area contributed by atoms with Crippen molar-refractivity contribution in [3.8, 4) is 23.6 Å². The Morgan fingerprint density at radius 1 is 1.11 bits per heavy atom. The molecule has 0 saturated heterocycles. The van der Waals surface area contributed by atoms with E-state index in [1.807, 2.05) is 19.1 Å². The summed E-state index contributed by atoms with van der Waals surface area (Å²) in [7, 11) is 0. The summed E-state index contributed by atoms with van der Waals surface area (Å²) in [6.45, 7) is 1.86. The lowest BCUT2D eigenvalue weighted by atomic mass is 10.1. The van der Waals surface area contributed by atoms with Crippen LogP contribution in [0.1, 0.15) is 16.7 Å². The van der Waals surface area contributed by atoms with E-state index in [0.717, 1.165) is 5.56 Å². The van der Waals surface area contributed by atoms with Crippen LogP contribution in [0.15, 0.2) is 36.4 Å². The maximum atomic E-state index is 9.07. The van der Waals surface area contributed by atoms with Gasteiger partial charge in [0, 0.05) is 0 Å². The normalized spacial score (nSPS) is 9.42. The van der Waals surface area contributed by atoms with Gasteiger partial charge in [-0.05, 0) is 36.8 Å². The fourth-order valence-electron chi connectivity index (χ4n) is 1.70. The number of anilines is 1. The predicted octanol–water partition coefficient (Wildman–Crippen LogP) is 3.11. The fourth-order valence-corrected chi connectivity index (χ4v) is 1.70. The van der Waals surface area contributed by atoms with Gasteiger partial charge in [-0.15, -0.1) is 0 Å². The number of ether oxygens (including phenoxy) is 1. The number of nitriles is 2. The average molecular weight is 249 g/mol. The van der Waals surface area contributed by atoms with Gasteiger partial charge in [0.2, 0.25) is 0 Å². The quantitative estimate of drug-likeness (QED) is 0.829. The summed E-state index contributed by atoms with van der Waals surface area (Å²) < 4.78 is 5.70. The van der Waals surface area contributed by atoms with E-state index < -0.39 is 0 Å². The van der Waals surface area contributed by atoms with Gasteiger partial charge in [-0.1, -0.05) is 12.1 Å². The molecule has 0 aliphatic carbocycles. The highest BCUT2D eigenvalue weighted by atomic mass is 16.5. The molecule has 0 aliphatic heterocycles. The van der Waals surface area contributed by atoms with Gasteiger partial charge in [0.1, 0.15) is 17.6 Å². The summed E-state index contributed by atoms with van der Waals surface area (Å²) in [5.74, 6) is 0.922. The fraction of sp³-hybridized carbons (Fsp3) is 0.0667. The number of hydrogen-bond acceptors (Lipinski definition) is 4. The Morgan fingerprint density at radius 3 is 2.53 bits per heavy atom. The zero-order chi connectivity index (χ0) is 13.8. The molecule has 0 aromatic heterocycles. The van der Waals surface area contributed by atoms with Gasteiger partial charge in [0.25, 0.3) is 0 Å². The highest BCUT2D eigenvalue weighted by Gasteiger charge is 2.10. The van der Waals surface area contributed by atoms with Gasteiger partial charge in [-0.25, -0.2) is 0 Å². The lowest BCUT2D eigenvalue weighted by Crippen LogP contribution is -1.96. The maximum Gasteiger partial charge on any atom is 0.150 e. The van der Waals surface area contributed by atoms with Crippen molar-refractivity contribution < 1.29 is 4.74 Å². The van der Waals surface area contributed by atoms with E-state index in [9.17, 15) is 0 Å². The Morgan fingerprint density at radius 2 is 1.89 bits per heavy atom. The third-order valence-corrected chi connectivity index (χ3v) is 2.68. The number of para-hydroxylation sites is 1. The maximum absolute atomic E-state index is 9.07. The van der Waals surface area contributed by atoms with Gasteiger partial charge < -0.3 is 10.5 Å². The third-order valence-electron chi connectivity index (χ3n) is 2.68. The summed E-state index contributed by atoms with van der Waals surface area (Å²) in [6.07, 6.45) is 0. The van der Waals surface area contributed by atoms with Crippen molar-refractivity contribution in [1.82, 2.24) is 0 Å². The second-order valence-corrected chi connectivity index (χ2v) is 4.03. The summed E-state index contributed by atoms with van der Waals surface area (Å²) in [6, 6.07) is 14.2. The minimum atomic E-state index is 0.367. The molecule has 0 aliphatic rings. The largest absolute Gasteiger partial charge is 0.454 e. The number of nitrogen functional groups attached to an aromatic ring is 1. The standard InChI is InChI=1S/C15H11N3O/c1-10-3-2-4-12(9-17)15(10)19-14-6-5-11(8-16)7-13(14)18/h2-7H,18H2,1H3. The second-order valence-electron chi connectivity index (χ2n) is 4.03. The van der Waals surface area contributed by atoms with Crippen LogP contribution >= 0.6 is 0 Å². The monoisotopic (exact) mass is 249 g/mol. The average Bonchev–Trinajstić information content (AvgIpc) is 2.42. The van der Waals surface area contributed by atoms with E-state index in [-0.39, 0.29) is 0 Å². The highest BCUT2D eigenvalue weighted by Crippen LogP contribution is 2.32. The van der Waals surface area contributed by atoms with E-state index in [1.165, 1.54) is 0 Å². The van der Waals surface area contributed by atoms with Crippen molar-refractivity contribution in [3.05, 3.63) is 53.1 Å². The van der Waals surface area contributed by atoms with E-state index in [2.05, 4.69) is 6.07 Å². The molecule has 0 fully saturated rings. The smallest absolute Gasteiger partial charge is 0.150 e. The summed E-state index contributed by atoms with van der Waals surface area (Å²) >= 11 is 0. The number of nitrogens with zero attached hydrogens (tertiary/aromatic N) is 2. The molecule has 0 saturated carbocycles. The highest BCUT2D eigenvalue weighted by molar-refractivity contribution is 5.59. The van der Waals surface area contributed by atoms with Crippen LogP contribution in [0, 0.1) is 29.6 Å². The zero-order valence-electron chi connectivity index (χ0n) is 10.3. The van der Waals surface area contributed by atoms with Crippen LogP contribution in [-0.4, -0.2) is 0 Å². The van der Waals surface area contributed by atoms with Crippen molar-refractivity contribution in [1.29, 1.82) is 10.5 Å². The van der Waals surface area contributed by atoms with Crippen molar-refractivity contribution in [2.24, 2.45) is 0 Å². The molecule has 92 valence electrons. The molecule has 0 bridgehead atoms. The molecule has 0 atom stereocenters. The first kappa shape index (κ1) is 12.5. The number of rotatable bonds is 2. The third kappa shape index (κ3) is 2.48. The van der Waals surface area contributed by atoms with Crippen LogP contribution < -0.4 is 10.5 Å². The molecular formula is C15H11N3O. The SMILES string of the molecule is Cc1cccc(C#N)c1Oc1ccc(C#N)cc1N. The summed E-state index contributed by atoms with van der Waals surface area (Å²) in [5, 5.41) is 17.8. The van der Waals surface area contributed by atoms with Crippen LogP contribution in [0.25, 0.3) is 0 Å². The van der Waals surface area contributed by atoms with E-state index in [4.69, 9.17) is 21.0 Å². The Kier molecular flexibility index (Phi) is 3.36. The summed E-state index contributed by atoms with van der Waals surface area (Å²) in [4.78, 5) is 0. The summed E-state index contributed by atoms with van der Waals surface area (Å²) in [5.41, 5.74) is 7.96. The molecule has 2 rings (SSSR count). The van der Waals surface area contributed by atoms with Crippen LogP contribution in [0.5, 0.6) is 11.5 Å². The number of aryl methyl sites for hydroxylation is 1. The Hall–Kier alpha value is -2.98. The second kappa shape index (κ2) is 5.12. The van der Waals surface area contributed by atoms with E-state index >= 15 is 0 Å². The molecule has 19 heavy (non-hydrogen) atoms. The minimum Gasteiger partial charge on any atom is -0.454 e. The van der Waals surface area contributed by atoms with Crippen LogP contribution in [0.3, 0.4) is 0 Å². The molecule has 0 heterocycles. The molecule has 0 spiro atoms. The van der Waals surface area contributed by atoms with Gasteiger partial charge in [-0.3, -0.25) is 0 Å². The zero-order valence-corrected chi connectivity index (χ0v) is 10.3. The number of hydrogen-bond donors (Lipinski definition) is 1. The van der Waals surface area contributed by atoms with Crippen molar-refractivity contribution >= 4 is 5.69 Å². The lowest BCUT2D eigenvalue weighted by molar-refractivity contribution is 0.479. The van der Waals surface area contributed by atoms with Crippen LogP contribution in [0.4, 0.5) is 5.69 Å². The Labute approximate surface area is 111 Å². The topological polar surface area (TPSA) is 82.8 Å². The molecule has 0 unspecified atom stereocenters. The number of nitrogens with two attached hydrogens (primary N) is 1. The number of benzene rings is 2.